The first-order valence-electron chi connectivity index (χ1n) is 6.60. The van der Waals surface area contributed by atoms with Crippen LogP contribution in [0.15, 0.2) is 30.3 Å². The number of hydrogen-bond acceptors (Lipinski definition) is 2. The number of rotatable bonds is 1. The molecule has 2 heterocycles. The zero-order chi connectivity index (χ0) is 13.2. The van der Waals surface area contributed by atoms with E-state index in [1.165, 1.54) is 12.5 Å². The molecule has 3 nitrogen and oxygen atoms in total. The lowest BCUT2D eigenvalue weighted by molar-refractivity contribution is 0.0719. The van der Waals surface area contributed by atoms with Gasteiger partial charge in [0.2, 0.25) is 0 Å². The third-order valence-corrected chi connectivity index (χ3v) is 3.53. The molecule has 98 valence electrons. The van der Waals surface area contributed by atoms with Gasteiger partial charge in [-0.2, -0.15) is 0 Å². The van der Waals surface area contributed by atoms with Crippen molar-refractivity contribution in [3.63, 3.8) is 0 Å². The van der Waals surface area contributed by atoms with Gasteiger partial charge in [-0.25, -0.2) is 9.37 Å². The number of fused-ring (bicyclic) bond motifs is 1. The van der Waals surface area contributed by atoms with Crippen LogP contribution in [0.4, 0.5) is 4.39 Å². The highest BCUT2D eigenvalue weighted by atomic mass is 19.1. The third-order valence-electron chi connectivity index (χ3n) is 3.53. The molecule has 4 heteroatoms. The highest BCUT2D eigenvalue weighted by Crippen LogP contribution is 2.18. The van der Waals surface area contributed by atoms with Crippen LogP contribution in [0, 0.1) is 5.82 Å². The second-order valence-corrected chi connectivity index (χ2v) is 4.86. The minimum atomic E-state index is -0.384. The van der Waals surface area contributed by atoms with E-state index in [0.29, 0.717) is 5.69 Å². The van der Waals surface area contributed by atoms with Gasteiger partial charge in [-0.1, -0.05) is 18.2 Å². The Kier molecular flexibility index (Phi) is 3.15. The van der Waals surface area contributed by atoms with E-state index in [9.17, 15) is 9.18 Å². The lowest BCUT2D eigenvalue weighted by Gasteiger charge is -2.26. The van der Waals surface area contributed by atoms with Crippen molar-refractivity contribution in [3.05, 3.63) is 41.8 Å². The summed E-state index contributed by atoms with van der Waals surface area (Å²) in [6.07, 6.45) is 3.24. The number of carbonyl (C=O) groups is 1. The number of pyridine rings is 1. The molecular weight excluding hydrogens is 243 g/mol. The largest absolute Gasteiger partial charge is 0.337 e. The van der Waals surface area contributed by atoms with Crippen molar-refractivity contribution in [2.45, 2.75) is 19.3 Å². The standard InChI is InChI=1S/C15H15FN2O/c16-12-6-4-5-11-7-8-13(17-14(11)12)15(19)18-9-2-1-3-10-18/h4-8H,1-3,9-10H2. The van der Waals surface area contributed by atoms with Crippen LogP contribution >= 0.6 is 0 Å². The molecule has 1 aliphatic rings. The van der Waals surface area contributed by atoms with E-state index in [1.54, 1.807) is 29.2 Å². The van der Waals surface area contributed by atoms with Crippen LogP contribution in [0.5, 0.6) is 0 Å². The first-order chi connectivity index (χ1) is 9.25. The summed E-state index contributed by atoms with van der Waals surface area (Å²) in [4.78, 5) is 18.3. The molecule has 1 aliphatic heterocycles. The molecule has 1 aromatic heterocycles. The minimum absolute atomic E-state index is 0.0927. The first kappa shape index (κ1) is 12.1. The lowest BCUT2D eigenvalue weighted by Crippen LogP contribution is -2.36. The molecule has 1 aromatic carbocycles. The SMILES string of the molecule is O=C(c1ccc2cccc(F)c2n1)N1CCCCC1. The molecule has 0 bridgehead atoms. The van der Waals surface area contributed by atoms with Crippen LogP contribution < -0.4 is 0 Å². The molecule has 1 fully saturated rings. The Morgan fingerprint density at radius 3 is 2.68 bits per heavy atom. The monoisotopic (exact) mass is 258 g/mol. The van der Waals surface area contributed by atoms with Gasteiger partial charge in [-0.05, 0) is 31.4 Å². The van der Waals surface area contributed by atoms with Gasteiger partial charge in [-0.15, -0.1) is 0 Å². The molecule has 0 radical (unpaired) electrons. The quantitative estimate of drug-likeness (QED) is 0.787. The van der Waals surface area contributed by atoms with Gasteiger partial charge in [0.15, 0.2) is 0 Å². The number of likely N-dealkylation sites (tertiary alicyclic amines) is 1. The van der Waals surface area contributed by atoms with Crippen molar-refractivity contribution in [2.75, 3.05) is 13.1 Å². The molecule has 0 saturated carbocycles. The number of halogens is 1. The van der Waals surface area contributed by atoms with E-state index in [-0.39, 0.29) is 17.2 Å². The fourth-order valence-electron chi connectivity index (χ4n) is 2.49. The molecular formula is C15H15FN2O. The van der Waals surface area contributed by atoms with Crippen molar-refractivity contribution in [1.29, 1.82) is 0 Å². The first-order valence-corrected chi connectivity index (χ1v) is 6.60. The molecule has 0 atom stereocenters. The molecule has 1 saturated heterocycles. The topological polar surface area (TPSA) is 33.2 Å². The fourth-order valence-corrected chi connectivity index (χ4v) is 2.49. The number of benzene rings is 1. The van der Waals surface area contributed by atoms with Crippen molar-refractivity contribution in [3.8, 4) is 0 Å². The number of para-hydroxylation sites is 1. The zero-order valence-electron chi connectivity index (χ0n) is 10.6. The second kappa shape index (κ2) is 4.96. The Balaban J connectivity index is 1.96. The van der Waals surface area contributed by atoms with Gasteiger partial charge in [0.05, 0.1) is 0 Å². The maximum Gasteiger partial charge on any atom is 0.272 e. The Labute approximate surface area is 111 Å². The normalized spacial score (nSPS) is 15.7. The number of nitrogens with zero attached hydrogens (tertiary/aromatic N) is 2. The number of amides is 1. The van der Waals surface area contributed by atoms with Crippen molar-refractivity contribution in [2.24, 2.45) is 0 Å². The highest BCUT2D eigenvalue weighted by Gasteiger charge is 2.19. The van der Waals surface area contributed by atoms with E-state index in [0.717, 1.165) is 31.3 Å². The van der Waals surface area contributed by atoms with Crippen LogP contribution in [-0.4, -0.2) is 28.9 Å². The maximum atomic E-state index is 13.7. The van der Waals surface area contributed by atoms with Crippen LogP contribution in [0.1, 0.15) is 29.8 Å². The molecule has 3 rings (SSSR count). The van der Waals surface area contributed by atoms with Gasteiger partial charge in [0, 0.05) is 18.5 Å². The Hall–Kier alpha value is -1.97. The number of carbonyl (C=O) groups excluding carboxylic acids is 1. The molecule has 1 amide bonds. The van der Waals surface area contributed by atoms with Crippen LogP contribution in [0.25, 0.3) is 10.9 Å². The van der Waals surface area contributed by atoms with Crippen molar-refractivity contribution >= 4 is 16.8 Å². The molecule has 0 N–H and O–H groups in total. The van der Waals surface area contributed by atoms with E-state index < -0.39 is 0 Å². The van der Waals surface area contributed by atoms with E-state index in [4.69, 9.17) is 0 Å². The smallest absolute Gasteiger partial charge is 0.272 e. The van der Waals surface area contributed by atoms with Gasteiger partial charge in [0.1, 0.15) is 17.0 Å². The number of aromatic nitrogens is 1. The molecule has 0 aliphatic carbocycles. The summed E-state index contributed by atoms with van der Waals surface area (Å²) in [5.41, 5.74) is 0.602. The Bertz CT molecular complexity index is 621. The maximum absolute atomic E-state index is 13.7. The van der Waals surface area contributed by atoms with E-state index in [1.807, 2.05) is 0 Å². The fraction of sp³-hybridized carbons (Fsp3) is 0.333. The molecule has 0 spiro atoms. The average molecular weight is 258 g/mol. The summed E-state index contributed by atoms with van der Waals surface area (Å²) in [5.74, 6) is -0.476. The summed E-state index contributed by atoms with van der Waals surface area (Å²) < 4.78 is 13.7. The van der Waals surface area contributed by atoms with Crippen LogP contribution in [-0.2, 0) is 0 Å². The van der Waals surface area contributed by atoms with Crippen molar-refractivity contribution in [1.82, 2.24) is 9.88 Å². The summed E-state index contributed by atoms with van der Waals surface area (Å²) in [6.45, 7) is 1.55. The minimum Gasteiger partial charge on any atom is -0.337 e. The number of piperidine rings is 1. The lowest BCUT2D eigenvalue weighted by atomic mass is 10.1. The summed E-state index contributed by atoms with van der Waals surface area (Å²) >= 11 is 0. The summed E-state index contributed by atoms with van der Waals surface area (Å²) in [5, 5.41) is 0.718. The third kappa shape index (κ3) is 2.30. The van der Waals surface area contributed by atoms with Gasteiger partial charge in [0.25, 0.3) is 5.91 Å². The molecule has 0 unspecified atom stereocenters. The molecule has 2 aromatic rings. The van der Waals surface area contributed by atoms with Gasteiger partial charge < -0.3 is 4.90 Å². The Morgan fingerprint density at radius 2 is 1.89 bits per heavy atom. The van der Waals surface area contributed by atoms with Gasteiger partial charge >= 0.3 is 0 Å². The average Bonchev–Trinajstić information content (AvgIpc) is 2.47. The summed E-state index contributed by atoms with van der Waals surface area (Å²) in [6, 6.07) is 8.23. The molecule has 19 heavy (non-hydrogen) atoms. The Morgan fingerprint density at radius 1 is 1.11 bits per heavy atom. The highest BCUT2D eigenvalue weighted by molar-refractivity contribution is 5.95. The second-order valence-electron chi connectivity index (χ2n) is 4.86. The van der Waals surface area contributed by atoms with E-state index in [2.05, 4.69) is 4.98 Å². The van der Waals surface area contributed by atoms with Crippen LogP contribution in [0.3, 0.4) is 0 Å². The van der Waals surface area contributed by atoms with Crippen molar-refractivity contribution < 1.29 is 9.18 Å². The predicted octanol–water partition coefficient (Wildman–Crippen LogP) is 3.00. The summed E-state index contributed by atoms with van der Waals surface area (Å²) in [7, 11) is 0. The zero-order valence-corrected chi connectivity index (χ0v) is 10.6. The van der Waals surface area contributed by atoms with Crippen LogP contribution in [0.2, 0.25) is 0 Å². The number of hydrogen-bond donors (Lipinski definition) is 0. The van der Waals surface area contributed by atoms with E-state index >= 15 is 0 Å². The van der Waals surface area contributed by atoms with Gasteiger partial charge in [-0.3, -0.25) is 4.79 Å². The predicted molar refractivity (Wildman–Crippen MR) is 71.5 cm³/mol.